The molecule has 112 valence electrons. The summed E-state index contributed by atoms with van der Waals surface area (Å²) in [4.78, 5) is 0. The second-order valence-corrected chi connectivity index (χ2v) is 7.39. The van der Waals surface area contributed by atoms with Gasteiger partial charge in [0.25, 0.3) is 0 Å². The van der Waals surface area contributed by atoms with Gasteiger partial charge in [-0.05, 0) is 57.7 Å². The molecule has 0 radical (unpaired) electrons. The van der Waals surface area contributed by atoms with Gasteiger partial charge in [0.05, 0.1) is 4.47 Å². The van der Waals surface area contributed by atoms with Crippen molar-refractivity contribution in [2.24, 2.45) is 0 Å². The predicted octanol–water partition coefficient (Wildman–Crippen LogP) is 6.51. The molecule has 0 bridgehead atoms. The van der Waals surface area contributed by atoms with Gasteiger partial charge in [-0.1, -0.05) is 61.7 Å². The average molecular weight is 499 g/mol. The van der Waals surface area contributed by atoms with Gasteiger partial charge in [0, 0.05) is 21.1 Å². The number of halogens is 5. The van der Waals surface area contributed by atoms with Crippen molar-refractivity contribution in [1.29, 1.82) is 0 Å². The van der Waals surface area contributed by atoms with Crippen LogP contribution in [0.2, 0.25) is 5.02 Å². The lowest BCUT2D eigenvalue weighted by molar-refractivity contribution is 0.549. The minimum absolute atomic E-state index is 0.109. The second-order valence-electron chi connectivity index (χ2n) is 4.98. The molecule has 2 aromatic rings. The molecule has 2 rings (SSSR count). The summed E-state index contributed by atoms with van der Waals surface area (Å²) in [5, 5.41) is 2.31. The smallest absolute Gasteiger partial charge is 0.137 e. The van der Waals surface area contributed by atoms with Crippen molar-refractivity contribution >= 4 is 59.4 Å². The van der Waals surface area contributed by atoms with Crippen molar-refractivity contribution < 1.29 is 4.39 Å². The molecule has 0 aliphatic carbocycles. The van der Waals surface area contributed by atoms with Crippen molar-refractivity contribution in [2.75, 3.05) is 10.7 Å². The largest absolute Gasteiger partial charge is 0.206 e. The molecule has 0 fully saturated rings. The molecule has 0 nitrogen and oxygen atoms in total. The van der Waals surface area contributed by atoms with Crippen LogP contribution in [-0.2, 0) is 11.8 Å². The second kappa shape index (κ2) is 7.58. The summed E-state index contributed by atoms with van der Waals surface area (Å²) in [5.74, 6) is -0.242. The van der Waals surface area contributed by atoms with E-state index in [1.54, 1.807) is 0 Å². The van der Waals surface area contributed by atoms with E-state index >= 15 is 0 Å². The normalized spacial score (nSPS) is 11.7. The van der Waals surface area contributed by atoms with E-state index in [2.05, 4.69) is 47.8 Å². The van der Waals surface area contributed by atoms with Gasteiger partial charge in [-0.2, -0.15) is 0 Å². The highest BCUT2D eigenvalue weighted by molar-refractivity contribution is 9.10. The van der Waals surface area contributed by atoms with Gasteiger partial charge in [-0.15, -0.1) is 0 Å². The Morgan fingerprint density at radius 3 is 2.14 bits per heavy atom. The molecule has 5 heteroatoms. The van der Waals surface area contributed by atoms with E-state index in [-0.39, 0.29) is 11.2 Å². The van der Waals surface area contributed by atoms with Crippen molar-refractivity contribution in [3.05, 3.63) is 68.9 Å². The Morgan fingerprint density at radius 2 is 1.62 bits per heavy atom. The number of hydrogen-bond acceptors (Lipinski definition) is 0. The van der Waals surface area contributed by atoms with Gasteiger partial charge in [0.15, 0.2) is 0 Å². The van der Waals surface area contributed by atoms with Gasteiger partial charge in [0.1, 0.15) is 5.82 Å². The molecule has 2 aromatic carbocycles. The predicted molar refractivity (Wildman–Crippen MR) is 98.5 cm³/mol. The van der Waals surface area contributed by atoms with Crippen LogP contribution in [0.1, 0.15) is 11.1 Å². The zero-order chi connectivity index (χ0) is 15.5. The molecular weight excluding hydrogens is 486 g/mol. The zero-order valence-electron chi connectivity index (χ0n) is 11.1. The zero-order valence-corrected chi connectivity index (χ0v) is 16.6. The molecular formula is C16H13Br3ClF. The number of rotatable bonds is 5. The molecule has 0 aliphatic heterocycles. The summed E-state index contributed by atoms with van der Waals surface area (Å²) in [5.41, 5.74) is 2.17. The van der Waals surface area contributed by atoms with E-state index in [9.17, 15) is 4.39 Å². The molecule has 0 amide bonds. The molecule has 0 saturated heterocycles. The van der Waals surface area contributed by atoms with Crippen LogP contribution in [0.25, 0.3) is 0 Å². The number of benzene rings is 2. The maximum absolute atomic E-state index is 13.4. The molecule has 0 heterocycles. The minimum atomic E-state index is -0.242. The Balaban J connectivity index is 2.37. The molecule has 0 unspecified atom stereocenters. The highest BCUT2D eigenvalue weighted by Crippen LogP contribution is 2.34. The Bertz CT molecular complexity index is 609. The molecule has 0 aromatic heterocycles. The van der Waals surface area contributed by atoms with E-state index in [4.69, 9.17) is 11.6 Å². The third-order valence-electron chi connectivity index (χ3n) is 3.49. The van der Waals surface area contributed by atoms with E-state index in [0.29, 0.717) is 4.47 Å². The van der Waals surface area contributed by atoms with Crippen LogP contribution in [0.4, 0.5) is 4.39 Å². The lowest BCUT2D eigenvalue weighted by atomic mass is 9.79. The minimum Gasteiger partial charge on any atom is -0.206 e. The Labute approximate surface area is 154 Å². The highest BCUT2D eigenvalue weighted by atomic mass is 79.9. The average Bonchev–Trinajstić information content (AvgIpc) is 2.49. The summed E-state index contributed by atoms with van der Waals surface area (Å²) in [7, 11) is 0. The SMILES string of the molecule is Fc1ccc(CC(CBr)(CBr)c2ccc(Cl)cc2)cc1Br. The fourth-order valence-corrected chi connectivity index (χ4v) is 4.76. The summed E-state index contributed by atoms with van der Waals surface area (Å²) in [6.07, 6.45) is 0.796. The Hall–Kier alpha value is 0.1000. The molecule has 0 saturated carbocycles. The van der Waals surface area contributed by atoms with E-state index in [0.717, 1.165) is 27.7 Å². The van der Waals surface area contributed by atoms with Crippen molar-refractivity contribution in [3.8, 4) is 0 Å². The topological polar surface area (TPSA) is 0 Å². The highest BCUT2D eigenvalue weighted by Gasteiger charge is 2.30. The maximum atomic E-state index is 13.4. The van der Waals surface area contributed by atoms with Crippen LogP contribution in [0.5, 0.6) is 0 Å². The van der Waals surface area contributed by atoms with Gasteiger partial charge in [-0.25, -0.2) is 4.39 Å². The summed E-state index contributed by atoms with van der Waals surface area (Å²) in [6.45, 7) is 0. The lowest BCUT2D eigenvalue weighted by Crippen LogP contribution is -2.33. The van der Waals surface area contributed by atoms with Crippen molar-refractivity contribution in [2.45, 2.75) is 11.8 Å². The first-order valence-corrected chi connectivity index (χ1v) is 9.74. The van der Waals surface area contributed by atoms with Crippen molar-refractivity contribution in [3.63, 3.8) is 0 Å². The summed E-state index contributed by atoms with van der Waals surface area (Å²) >= 11 is 16.5. The third-order valence-corrected chi connectivity index (χ3v) is 6.50. The van der Waals surface area contributed by atoms with E-state index in [1.165, 1.54) is 11.6 Å². The van der Waals surface area contributed by atoms with Crippen LogP contribution >= 0.6 is 59.4 Å². The Morgan fingerprint density at radius 1 is 1.00 bits per heavy atom. The first-order chi connectivity index (χ1) is 10.0. The fourth-order valence-electron chi connectivity index (χ4n) is 2.23. The molecule has 21 heavy (non-hydrogen) atoms. The summed E-state index contributed by atoms with van der Waals surface area (Å²) in [6, 6.07) is 13.1. The molecule has 0 spiro atoms. The van der Waals surface area contributed by atoms with E-state index in [1.807, 2.05) is 36.4 Å². The Kier molecular flexibility index (Phi) is 6.30. The lowest BCUT2D eigenvalue weighted by Gasteiger charge is -2.31. The first kappa shape index (κ1) is 17.5. The summed E-state index contributed by atoms with van der Waals surface area (Å²) < 4.78 is 13.9. The van der Waals surface area contributed by atoms with E-state index < -0.39 is 0 Å². The third kappa shape index (κ3) is 4.10. The van der Waals surface area contributed by atoms with Crippen LogP contribution in [0.15, 0.2) is 46.9 Å². The standard InChI is InChI=1S/C16H13Br3ClF/c17-9-16(10-18,12-2-4-13(20)5-3-12)8-11-1-6-15(21)14(19)7-11/h1-7H,8-10H2. The van der Waals surface area contributed by atoms with Crippen LogP contribution < -0.4 is 0 Å². The van der Waals surface area contributed by atoms with Gasteiger partial charge in [0.2, 0.25) is 0 Å². The molecule has 0 N–H and O–H groups in total. The van der Waals surface area contributed by atoms with Gasteiger partial charge in [-0.3, -0.25) is 0 Å². The van der Waals surface area contributed by atoms with Crippen LogP contribution in [0.3, 0.4) is 0 Å². The van der Waals surface area contributed by atoms with Gasteiger partial charge >= 0.3 is 0 Å². The molecule has 0 atom stereocenters. The van der Waals surface area contributed by atoms with Crippen molar-refractivity contribution in [1.82, 2.24) is 0 Å². The monoisotopic (exact) mass is 496 g/mol. The number of alkyl halides is 2. The molecule has 0 aliphatic rings. The maximum Gasteiger partial charge on any atom is 0.137 e. The first-order valence-electron chi connectivity index (χ1n) is 6.33. The van der Waals surface area contributed by atoms with Gasteiger partial charge < -0.3 is 0 Å². The number of hydrogen-bond donors (Lipinski definition) is 0. The fraction of sp³-hybridized carbons (Fsp3) is 0.250. The van der Waals surface area contributed by atoms with Crippen LogP contribution in [-0.4, -0.2) is 10.7 Å². The quantitative estimate of drug-likeness (QED) is 0.412. The van der Waals surface area contributed by atoms with Crippen LogP contribution in [0, 0.1) is 5.82 Å².